The molecule has 1 N–H and O–H groups in total. The molecule has 0 saturated carbocycles. The lowest BCUT2D eigenvalue weighted by molar-refractivity contribution is 0.0906. The normalized spacial score (nSPS) is 17.2. The Morgan fingerprint density at radius 1 is 1.50 bits per heavy atom. The molecule has 1 saturated heterocycles. The molecule has 1 unspecified atom stereocenters. The van der Waals surface area contributed by atoms with Crippen molar-refractivity contribution in [3.63, 3.8) is 0 Å². The van der Waals surface area contributed by atoms with E-state index in [2.05, 4.69) is 10.5 Å². The minimum absolute atomic E-state index is 0.0697. The molecule has 5 nitrogen and oxygen atoms in total. The second kappa shape index (κ2) is 7.32. The first-order chi connectivity index (χ1) is 11.6. The number of aryl methyl sites for hydroxylation is 1. The maximum atomic E-state index is 14.1. The van der Waals surface area contributed by atoms with E-state index in [1.807, 2.05) is 0 Å². The number of amides is 1. The van der Waals surface area contributed by atoms with Crippen molar-refractivity contribution in [2.75, 3.05) is 13.2 Å². The summed E-state index contributed by atoms with van der Waals surface area (Å²) in [5.74, 6) is -0.593. The van der Waals surface area contributed by atoms with E-state index in [1.165, 1.54) is 12.1 Å². The average molecular weight is 353 g/mol. The van der Waals surface area contributed by atoms with Crippen LogP contribution < -0.4 is 5.32 Å². The van der Waals surface area contributed by atoms with Gasteiger partial charge in [0.05, 0.1) is 16.7 Å². The molecule has 3 rings (SSSR count). The second-order valence-corrected chi connectivity index (χ2v) is 6.15. The first-order valence-corrected chi connectivity index (χ1v) is 8.26. The predicted molar refractivity (Wildman–Crippen MR) is 87.6 cm³/mol. The number of aromatic nitrogens is 1. The van der Waals surface area contributed by atoms with Crippen LogP contribution >= 0.6 is 11.6 Å². The van der Waals surface area contributed by atoms with Crippen LogP contribution in [0.15, 0.2) is 22.7 Å². The zero-order valence-electron chi connectivity index (χ0n) is 13.3. The molecule has 1 aliphatic rings. The zero-order chi connectivity index (χ0) is 17.1. The average Bonchev–Trinajstić information content (AvgIpc) is 3.17. The summed E-state index contributed by atoms with van der Waals surface area (Å²) in [5.41, 5.74) is 0.389. The molecule has 1 aromatic carbocycles. The van der Waals surface area contributed by atoms with Crippen molar-refractivity contribution in [3.8, 4) is 11.3 Å². The van der Waals surface area contributed by atoms with Gasteiger partial charge in [-0.05, 0) is 38.3 Å². The molecular weight excluding hydrogens is 335 g/mol. The fourth-order valence-electron chi connectivity index (χ4n) is 2.84. The Kier molecular flexibility index (Phi) is 5.16. The van der Waals surface area contributed by atoms with Crippen molar-refractivity contribution in [2.45, 2.75) is 32.3 Å². The van der Waals surface area contributed by atoms with Crippen molar-refractivity contribution in [2.24, 2.45) is 0 Å². The number of nitrogens with zero attached hydrogens (tertiary/aromatic N) is 1. The number of ether oxygens (including phenoxy) is 1. The van der Waals surface area contributed by atoms with Crippen LogP contribution in [0.1, 0.15) is 35.4 Å². The van der Waals surface area contributed by atoms with Gasteiger partial charge in [-0.1, -0.05) is 22.8 Å². The molecule has 1 aromatic heterocycles. The summed E-state index contributed by atoms with van der Waals surface area (Å²) in [7, 11) is 0. The highest BCUT2D eigenvalue weighted by molar-refractivity contribution is 6.33. The van der Waals surface area contributed by atoms with Gasteiger partial charge in [-0.3, -0.25) is 4.79 Å². The van der Waals surface area contributed by atoms with Gasteiger partial charge in [-0.25, -0.2) is 4.39 Å². The summed E-state index contributed by atoms with van der Waals surface area (Å²) in [4.78, 5) is 12.5. The monoisotopic (exact) mass is 352 g/mol. The number of carbonyl (C=O) groups is 1. The molecule has 128 valence electrons. The SMILES string of the molecule is Cc1onc(-c2c(F)cccc2Cl)c1C(=O)NCCC1CCCO1. The van der Waals surface area contributed by atoms with Crippen LogP contribution in [0, 0.1) is 12.7 Å². The molecule has 0 aliphatic carbocycles. The van der Waals surface area contributed by atoms with E-state index in [9.17, 15) is 9.18 Å². The molecule has 1 atom stereocenters. The van der Waals surface area contributed by atoms with Crippen molar-refractivity contribution in [1.82, 2.24) is 10.5 Å². The first kappa shape index (κ1) is 16.9. The molecule has 1 aliphatic heterocycles. The van der Waals surface area contributed by atoms with E-state index < -0.39 is 5.82 Å². The zero-order valence-corrected chi connectivity index (χ0v) is 14.0. The summed E-state index contributed by atoms with van der Waals surface area (Å²) in [5, 5.41) is 6.82. The minimum atomic E-state index is -0.552. The van der Waals surface area contributed by atoms with E-state index in [0.29, 0.717) is 12.3 Å². The molecule has 1 amide bonds. The number of nitrogens with one attached hydrogen (secondary N) is 1. The van der Waals surface area contributed by atoms with Crippen LogP contribution in [0.2, 0.25) is 5.02 Å². The van der Waals surface area contributed by atoms with Crippen LogP contribution in [0.3, 0.4) is 0 Å². The lowest BCUT2D eigenvalue weighted by Gasteiger charge is -2.10. The highest BCUT2D eigenvalue weighted by atomic mass is 35.5. The molecule has 24 heavy (non-hydrogen) atoms. The van der Waals surface area contributed by atoms with Gasteiger partial charge in [-0.2, -0.15) is 0 Å². The van der Waals surface area contributed by atoms with Crippen molar-refractivity contribution < 1.29 is 18.4 Å². The summed E-state index contributed by atoms with van der Waals surface area (Å²) >= 11 is 6.07. The molecule has 2 aromatic rings. The molecule has 1 fully saturated rings. The van der Waals surface area contributed by atoms with Crippen LogP contribution in [-0.2, 0) is 4.74 Å². The van der Waals surface area contributed by atoms with E-state index in [0.717, 1.165) is 25.9 Å². The van der Waals surface area contributed by atoms with E-state index in [1.54, 1.807) is 13.0 Å². The van der Waals surface area contributed by atoms with Gasteiger partial charge < -0.3 is 14.6 Å². The molecule has 2 heterocycles. The van der Waals surface area contributed by atoms with Crippen molar-refractivity contribution in [1.29, 1.82) is 0 Å². The Labute approximate surface area is 144 Å². The number of benzene rings is 1. The number of rotatable bonds is 5. The summed E-state index contributed by atoms with van der Waals surface area (Å²) in [6.45, 7) is 2.86. The molecule has 0 radical (unpaired) electrons. The smallest absolute Gasteiger partial charge is 0.257 e. The lowest BCUT2D eigenvalue weighted by Crippen LogP contribution is -2.27. The molecule has 0 spiro atoms. The Balaban J connectivity index is 1.78. The second-order valence-electron chi connectivity index (χ2n) is 5.74. The van der Waals surface area contributed by atoms with Gasteiger partial charge in [0.25, 0.3) is 5.91 Å². The maximum Gasteiger partial charge on any atom is 0.257 e. The van der Waals surface area contributed by atoms with Crippen LogP contribution in [0.25, 0.3) is 11.3 Å². The van der Waals surface area contributed by atoms with Gasteiger partial charge in [0.2, 0.25) is 0 Å². The third-order valence-corrected chi connectivity index (χ3v) is 4.38. The first-order valence-electron chi connectivity index (χ1n) is 7.88. The highest BCUT2D eigenvalue weighted by Gasteiger charge is 2.25. The van der Waals surface area contributed by atoms with Gasteiger partial charge in [0, 0.05) is 13.2 Å². The highest BCUT2D eigenvalue weighted by Crippen LogP contribution is 2.33. The number of hydrogen-bond acceptors (Lipinski definition) is 4. The van der Waals surface area contributed by atoms with E-state index in [4.69, 9.17) is 20.9 Å². The largest absolute Gasteiger partial charge is 0.378 e. The molecular formula is C17H18ClFN2O3. The van der Waals surface area contributed by atoms with Gasteiger partial charge in [-0.15, -0.1) is 0 Å². The fraction of sp³-hybridized carbons (Fsp3) is 0.412. The minimum Gasteiger partial charge on any atom is -0.378 e. The van der Waals surface area contributed by atoms with Crippen LogP contribution in [0.5, 0.6) is 0 Å². The van der Waals surface area contributed by atoms with E-state index in [-0.39, 0.29) is 33.9 Å². The van der Waals surface area contributed by atoms with Crippen molar-refractivity contribution >= 4 is 17.5 Å². The summed E-state index contributed by atoms with van der Waals surface area (Å²) in [6, 6.07) is 4.31. The van der Waals surface area contributed by atoms with E-state index >= 15 is 0 Å². The Morgan fingerprint density at radius 3 is 3.04 bits per heavy atom. The van der Waals surface area contributed by atoms with Crippen LogP contribution in [-0.4, -0.2) is 30.3 Å². The van der Waals surface area contributed by atoms with Gasteiger partial charge in [0.15, 0.2) is 0 Å². The Bertz CT molecular complexity index is 721. The molecule has 7 heteroatoms. The number of carbonyl (C=O) groups excluding carboxylic acids is 1. The van der Waals surface area contributed by atoms with Crippen molar-refractivity contribution in [3.05, 3.63) is 40.4 Å². The third kappa shape index (κ3) is 3.44. The van der Waals surface area contributed by atoms with Crippen LogP contribution in [0.4, 0.5) is 4.39 Å². The lowest BCUT2D eigenvalue weighted by atomic mass is 10.0. The third-order valence-electron chi connectivity index (χ3n) is 4.07. The molecule has 0 bridgehead atoms. The summed E-state index contributed by atoms with van der Waals surface area (Å²) < 4.78 is 24.8. The standard InChI is InChI=1S/C17H18ClFN2O3/c1-10-14(17(22)20-8-7-11-4-3-9-23-11)16(21-24-10)15-12(18)5-2-6-13(15)19/h2,5-6,11H,3-4,7-9H2,1H3,(H,20,22). The maximum absolute atomic E-state index is 14.1. The summed E-state index contributed by atoms with van der Waals surface area (Å²) in [6.07, 6.45) is 3.00. The van der Waals surface area contributed by atoms with Gasteiger partial charge >= 0.3 is 0 Å². The Morgan fingerprint density at radius 2 is 2.33 bits per heavy atom. The van der Waals surface area contributed by atoms with Gasteiger partial charge in [0.1, 0.15) is 22.8 Å². The Hall–Kier alpha value is -1.92. The topological polar surface area (TPSA) is 64.4 Å². The number of hydrogen-bond donors (Lipinski definition) is 1. The predicted octanol–water partition coefficient (Wildman–Crippen LogP) is 3.74. The number of halogens is 2. The quantitative estimate of drug-likeness (QED) is 0.890. The fourth-order valence-corrected chi connectivity index (χ4v) is 3.09.